The number of hydrogen-bond acceptors (Lipinski definition) is 4. The van der Waals surface area contributed by atoms with Crippen molar-refractivity contribution in [2.45, 2.75) is 0 Å². The van der Waals surface area contributed by atoms with Gasteiger partial charge in [-0.3, -0.25) is 9.78 Å². The SMILES string of the molecule is O=C(Nc1cccc(Cl)c1Cl)c1csc(-c2ccncc2)n1. The quantitative estimate of drug-likeness (QED) is 0.741. The van der Waals surface area contributed by atoms with Gasteiger partial charge in [-0.2, -0.15) is 0 Å². The normalized spacial score (nSPS) is 10.5. The third kappa shape index (κ3) is 3.11. The first-order chi connectivity index (χ1) is 10.6. The highest BCUT2D eigenvalue weighted by atomic mass is 35.5. The van der Waals surface area contributed by atoms with Crippen molar-refractivity contribution in [2.24, 2.45) is 0 Å². The minimum absolute atomic E-state index is 0.308. The predicted molar refractivity (Wildman–Crippen MR) is 89.8 cm³/mol. The number of thiazole rings is 1. The number of nitrogens with one attached hydrogen (secondary N) is 1. The maximum absolute atomic E-state index is 12.2. The van der Waals surface area contributed by atoms with Gasteiger partial charge >= 0.3 is 0 Å². The summed E-state index contributed by atoms with van der Waals surface area (Å²) in [4.78, 5) is 20.5. The zero-order chi connectivity index (χ0) is 15.5. The number of amides is 1. The first kappa shape index (κ1) is 15.0. The van der Waals surface area contributed by atoms with Crippen molar-refractivity contribution < 1.29 is 4.79 Å². The van der Waals surface area contributed by atoms with E-state index in [0.29, 0.717) is 21.4 Å². The van der Waals surface area contributed by atoms with Gasteiger partial charge in [0.1, 0.15) is 10.7 Å². The van der Waals surface area contributed by atoms with Crippen molar-refractivity contribution in [2.75, 3.05) is 5.32 Å². The van der Waals surface area contributed by atoms with E-state index < -0.39 is 0 Å². The van der Waals surface area contributed by atoms with Gasteiger partial charge in [0, 0.05) is 23.3 Å². The molecule has 1 aromatic carbocycles. The lowest BCUT2D eigenvalue weighted by atomic mass is 10.3. The Morgan fingerprint density at radius 1 is 1.14 bits per heavy atom. The number of halogens is 2. The van der Waals surface area contributed by atoms with Gasteiger partial charge in [0.25, 0.3) is 5.91 Å². The zero-order valence-corrected chi connectivity index (χ0v) is 13.4. The lowest BCUT2D eigenvalue weighted by Gasteiger charge is -2.06. The number of pyridine rings is 1. The number of carbonyl (C=O) groups is 1. The Bertz CT molecular complexity index is 821. The standard InChI is InChI=1S/C15H9Cl2N3OS/c16-10-2-1-3-11(13(10)17)19-14(21)12-8-22-15(20-12)9-4-6-18-7-5-9/h1-8H,(H,19,21). The van der Waals surface area contributed by atoms with Crippen LogP contribution in [0.2, 0.25) is 10.0 Å². The molecule has 3 aromatic rings. The topological polar surface area (TPSA) is 54.9 Å². The van der Waals surface area contributed by atoms with Crippen molar-refractivity contribution >= 4 is 46.1 Å². The Morgan fingerprint density at radius 3 is 2.68 bits per heavy atom. The van der Waals surface area contributed by atoms with Crippen molar-refractivity contribution in [1.82, 2.24) is 9.97 Å². The molecule has 22 heavy (non-hydrogen) atoms. The molecule has 3 rings (SSSR count). The second-order valence-electron chi connectivity index (χ2n) is 4.33. The maximum Gasteiger partial charge on any atom is 0.275 e. The van der Waals surface area contributed by atoms with Crippen molar-refractivity contribution in [1.29, 1.82) is 0 Å². The van der Waals surface area contributed by atoms with Crippen molar-refractivity contribution in [3.8, 4) is 10.6 Å². The van der Waals surface area contributed by atoms with Gasteiger partial charge in [0.2, 0.25) is 0 Å². The molecular weight excluding hydrogens is 341 g/mol. The molecule has 0 saturated heterocycles. The van der Waals surface area contributed by atoms with Crippen LogP contribution < -0.4 is 5.32 Å². The average Bonchev–Trinajstić information content (AvgIpc) is 3.03. The highest BCUT2D eigenvalue weighted by Crippen LogP contribution is 2.30. The Kier molecular flexibility index (Phi) is 4.38. The van der Waals surface area contributed by atoms with E-state index in [1.165, 1.54) is 11.3 Å². The molecule has 0 saturated carbocycles. The fourth-order valence-corrected chi connectivity index (χ4v) is 2.95. The summed E-state index contributed by atoms with van der Waals surface area (Å²) in [7, 11) is 0. The first-order valence-electron chi connectivity index (χ1n) is 6.26. The molecule has 0 spiro atoms. The highest BCUT2D eigenvalue weighted by Gasteiger charge is 2.14. The zero-order valence-electron chi connectivity index (χ0n) is 11.1. The van der Waals surface area contributed by atoms with Crippen LogP contribution in [0, 0.1) is 0 Å². The summed E-state index contributed by atoms with van der Waals surface area (Å²) in [6, 6.07) is 8.74. The van der Waals surface area contributed by atoms with Crippen LogP contribution in [-0.4, -0.2) is 15.9 Å². The minimum Gasteiger partial charge on any atom is -0.319 e. The number of anilines is 1. The van der Waals surface area contributed by atoms with E-state index in [0.717, 1.165) is 10.6 Å². The monoisotopic (exact) mass is 349 g/mol. The molecule has 1 N–H and O–H groups in total. The number of aromatic nitrogens is 2. The second-order valence-corrected chi connectivity index (χ2v) is 5.97. The lowest BCUT2D eigenvalue weighted by Crippen LogP contribution is -2.12. The second kappa shape index (κ2) is 6.44. The van der Waals surface area contributed by atoms with Crippen LogP contribution in [0.3, 0.4) is 0 Å². The summed E-state index contributed by atoms with van der Waals surface area (Å²) in [5.41, 5.74) is 1.70. The van der Waals surface area contributed by atoms with Gasteiger partial charge in [-0.1, -0.05) is 29.3 Å². The van der Waals surface area contributed by atoms with E-state index in [-0.39, 0.29) is 5.91 Å². The van der Waals surface area contributed by atoms with Gasteiger partial charge in [-0.25, -0.2) is 4.98 Å². The fourth-order valence-electron chi connectivity index (χ4n) is 1.79. The third-order valence-electron chi connectivity index (χ3n) is 2.86. The lowest BCUT2D eigenvalue weighted by molar-refractivity contribution is 0.102. The number of benzene rings is 1. The summed E-state index contributed by atoms with van der Waals surface area (Å²) < 4.78 is 0. The van der Waals surface area contributed by atoms with Crippen LogP contribution in [0.4, 0.5) is 5.69 Å². The molecule has 0 fully saturated rings. The number of rotatable bonds is 3. The van der Waals surface area contributed by atoms with Gasteiger partial charge < -0.3 is 5.32 Å². The van der Waals surface area contributed by atoms with Crippen molar-refractivity contribution in [3.05, 3.63) is 63.8 Å². The molecule has 110 valence electrons. The summed E-state index contributed by atoms with van der Waals surface area (Å²) in [5.74, 6) is -0.333. The van der Waals surface area contributed by atoms with Crippen LogP contribution >= 0.6 is 34.5 Å². The van der Waals surface area contributed by atoms with Gasteiger partial charge in [-0.05, 0) is 24.3 Å². The summed E-state index contributed by atoms with van der Waals surface area (Å²) in [6.45, 7) is 0. The highest BCUT2D eigenvalue weighted by molar-refractivity contribution is 7.13. The minimum atomic E-state index is -0.333. The molecule has 2 aromatic heterocycles. The molecule has 7 heteroatoms. The molecule has 0 radical (unpaired) electrons. The van der Waals surface area contributed by atoms with E-state index in [1.807, 2.05) is 12.1 Å². The molecule has 0 bridgehead atoms. The predicted octanol–water partition coefficient (Wildman–Crippen LogP) is 4.76. The number of hydrogen-bond donors (Lipinski definition) is 1. The Labute approximate surface area is 140 Å². The number of carbonyl (C=O) groups excluding carboxylic acids is 1. The Morgan fingerprint density at radius 2 is 1.91 bits per heavy atom. The summed E-state index contributed by atoms with van der Waals surface area (Å²) in [6.07, 6.45) is 3.37. The molecule has 0 aliphatic rings. The van der Waals surface area contributed by atoms with E-state index in [4.69, 9.17) is 23.2 Å². The van der Waals surface area contributed by atoms with Crippen LogP contribution in [0.15, 0.2) is 48.1 Å². The van der Waals surface area contributed by atoms with Crippen LogP contribution in [0.1, 0.15) is 10.5 Å². The fraction of sp³-hybridized carbons (Fsp3) is 0. The average molecular weight is 350 g/mol. The summed E-state index contributed by atoms with van der Waals surface area (Å²) in [5, 5.41) is 5.85. The van der Waals surface area contributed by atoms with Crippen molar-refractivity contribution in [3.63, 3.8) is 0 Å². The van der Waals surface area contributed by atoms with E-state index in [9.17, 15) is 4.79 Å². The molecule has 0 unspecified atom stereocenters. The Balaban J connectivity index is 1.82. The van der Waals surface area contributed by atoms with Crippen LogP contribution in [-0.2, 0) is 0 Å². The van der Waals surface area contributed by atoms with Crippen LogP contribution in [0.5, 0.6) is 0 Å². The molecule has 2 heterocycles. The van der Waals surface area contributed by atoms with E-state index >= 15 is 0 Å². The molecule has 4 nitrogen and oxygen atoms in total. The largest absolute Gasteiger partial charge is 0.319 e. The number of nitrogens with zero attached hydrogens (tertiary/aromatic N) is 2. The van der Waals surface area contributed by atoms with E-state index in [1.54, 1.807) is 36.0 Å². The maximum atomic E-state index is 12.2. The molecular formula is C15H9Cl2N3OS. The molecule has 0 aliphatic heterocycles. The van der Waals surface area contributed by atoms with Gasteiger partial charge in [0.05, 0.1) is 15.7 Å². The van der Waals surface area contributed by atoms with Gasteiger partial charge in [-0.15, -0.1) is 11.3 Å². The third-order valence-corrected chi connectivity index (χ3v) is 4.57. The molecule has 0 atom stereocenters. The van der Waals surface area contributed by atoms with Gasteiger partial charge in [0.15, 0.2) is 0 Å². The summed E-state index contributed by atoms with van der Waals surface area (Å²) >= 11 is 13.4. The molecule has 1 amide bonds. The first-order valence-corrected chi connectivity index (χ1v) is 7.90. The van der Waals surface area contributed by atoms with E-state index in [2.05, 4.69) is 15.3 Å². The molecule has 0 aliphatic carbocycles. The smallest absolute Gasteiger partial charge is 0.275 e. The van der Waals surface area contributed by atoms with Crippen LogP contribution in [0.25, 0.3) is 10.6 Å². The Hall–Kier alpha value is -1.95.